The highest BCUT2D eigenvalue weighted by atomic mass is 35.5. The first-order valence-corrected chi connectivity index (χ1v) is 6.60. The van der Waals surface area contributed by atoms with Gasteiger partial charge in [0.1, 0.15) is 12.9 Å². The van der Waals surface area contributed by atoms with Gasteiger partial charge < -0.3 is 10.1 Å². The molecule has 0 unspecified atom stereocenters. The van der Waals surface area contributed by atoms with Crippen LogP contribution >= 0.6 is 11.6 Å². The van der Waals surface area contributed by atoms with Crippen molar-refractivity contribution < 1.29 is 9.66 Å². The van der Waals surface area contributed by atoms with Gasteiger partial charge >= 0.3 is 5.69 Å². The van der Waals surface area contributed by atoms with E-state index in [0.29, 0.717) is 11.6 Å². The van der Waals surface area contributed by atoms with Gasteiger partial charge in [0.2, 0.25) is 5.82 Å². The Morgan fingerprint density at radius 1 is 1.38 bits per heavy atom. The van der Waals surface area contributed by atoms with Crippen molar-refractivity contribution >= 4 is 23.1 Å². The zero-order valence-corrected chi connectivity index (χ0v) is 12.0. The molecule has 21 heavy (non-hydrogen) atoms. The fourth-order valence-electron chi connectivity index (χ4n) is 1.69. The third-order valence-corrected chi connectivity index (χ3v) is 3.01. The average molecular weight is 309 g/mol. The van der Waals surface area contributed by atoms with Gasteiger partial charge in [0, 0.05) is 17.1 Å². The molecule has 2 aromatic rings. The Labute approximate surface area is 126 Å². The molecular formula is C13H13ClN4O3. The number of nitro groups is 1. The zero-order chi connectivity index (χ0) is 15.2. The summed E-state index contributed by atoms with van der Waals surface area (Å²) in [6.45, 7) is 2.40. The monoisotopic (exact) mass is 308 g/mol. The summed E-state index contributed by atoms with van der Waals surface area (Å²) in [6, 6.07) is 7.10. The van der Waals surface area contributed by atoms with Crippen LogP contribution in [0.5, 0.6) is 5.88 Å². The SMILES string of the molecule is CCNc1ncnc(OCc2ccccc2Cl)c1[N+](=O)[O-]. The molecular weight excluding hydrogens is 296 g/mol. The van der Waals surface area contributed by atoms with E-state index in [2.05, 4.69) is 15.3 Å². The molecule has 1 aromatic heterocycles. The number of hydrogen-bond acceptors (Lipinski definition) is 6. The van der Waals surface area contributed by atoms with Crippen molar-refractivity contribution in [2.45, 2.75) is 13.5 Å². The van der Waals surface area contributed by atoms with Gasteiger partial charge in [-0.25, -0.2) is 4.98 Å². The first-order chi connectivity index (χ1) is 10.1. The fourth-order valence-corrected chi connectivity index (χ4v) is 1.88. The molecule has 2 rings (SSSR count). The summed E-state index contributed by atoms with van der Waals surface area (Å²) in [5, 5.41) is 14.5. The summed E-state index contributed by atoms with van der Waals surface area (Å²) in [5.41, 5.74) is 0.434. The highest BCUT2D eigenvalue weighted by molar-refractivity contribution is 6.31. The van der Waals surface area contributed by atoms with Crippen LogP contribution in [0.4, 0.5) is 11.5 Å². The Kier molecular flexibility index (Phi) is 4.89. The smallest absolute Gasteiger partial charge is 0.372 e. The van der Waals surface area contributed by atoms with E-state index < -0.39 is 4.92 Å². The standard InChI is InChI=1S/C13H13ClN4O3/c1-2-15-12-11(18(19)20)13(17-8-16-12)21-7-9-5-3-4-6-10(9)14/h3-6,8H,2,7H2,1H3,(H,15,16,17). The van der Waals surface area contributed by atoms with Gasteiger partial charge in [-0.1, -0.05) is 29.8 Å². The predicted molar refractivity (Wildman–Crippen MR) is 78.6 cm³/mol. The Morgan fingerprint density at radius 3 is 2.81 bits per heavy atom. The molecule has 1 heterocycles. The Bertz CT molecular complexity index is 651. The number of hydrogen-bond donors (Lipinski definition) is 1. The second-order valence-corrected chi connectivity index (χ2v) is 4.45. The molecule has 0 saturated heterocycles. The van der Waals surface area contributed by atoms with Crippen molar-refractivity contribution in [3.8, 4) is 5.88 Å². The van der Waals surface area contributed by atoms with E-state index in [-0.39, 0.29) is 24.0 Å². The maximum atomic E-state index is 11.2. The van der Waals surface area contributed by atoms with Crippen molar-refractivity contribution in [3.63, 3.8) is 0 Å². The topological polar surface area (TPSA) is 90.2 Å². The van der Waals surface area contributed by atoms with Gasteiger partial charge in [-0.05, 0) is 13.0 Å². The molecule has 0 saturated carbocycles. The fraction of sp³-hybridized carbons (Fsp3) is 0.231. The number of nitrogens with one attached hydrogen (secondary N) is 1. The van der Waals surface area contributed by atoms with Gasteiger partial charge in [-0.2, -0.15) is 4.98 Å². The molecule has 0 bridgehead atoms. The van der Waals surface area contributed by atoms with Gasteiger partial charge in [-0.15, -0.1) is 0 Å². The van der Waals surface area contributed by atoms with Gasteiger partial charge in [0.25, 0.3) is 5.88 Å². The van der Waals surface area contributed by atoms with Gasteiger partial charge in [-0.3, -0.25) is 10.1 Å². The number of rotatable bonds is 6. The first-order valence-electron chi connectivity index (χ1n) is 6.23. The third-order valence-electron chi connectivity index (χ3n) is 2.64. The van der Waals surface area contributed by atoms with E-state index in [1.807, 2.05) is 13.0 Å². The van der Waals surface area contributed by atoms with Crippen LogP contribution in [-0.4, -0.2) is 21.4 Å². The Morgan fingerprint density at radius 2 is 2.14 bits per heavy atom. The minimum atomic E-state index is -0.570. The van der Waals surface area contributed by atoms with Crippen LogP contribution in [0.3, 0.4) is 0 Å². The number of ether oxygens (including phenoxy) is 1. The summed E-state index contributed by atoms with van der Waals surface area (Å²) < 4.78 is 5.44. The average Bonchev–Trinajstić information content (AvgIpc) is 2.46. The lowest BCUT2D eigenvalue weighted by molar-refractivity contribution is -0.385. The number of benzene rings is 1. The summed E-state index contributed by atoms with van der Waals surface area (Å²) in [5.74, 6) is 0.0394. The summed E-state index contributed by atoms with van der Waals surface area (Å²) in [4.78, 5) is 18.3. The molecule has 7 nitrogen and oxygen atoms in total. The van der Waals surface area contributed by atoms with Crippen molar-refractivity contribution in [3.05, 3.63) is 51.3 Å². The predicted octanol–water partition coefficient (Wildman–Crippen LogP) is 3.05. The van der Waals surface area contributed by atoms with Crippen molar-refractivity contribution in [2.75, 3.05) is 11.9 Å². The molecule has 0 atom stereocenters. The molecule has 0 fully saturated rings. The van der Waals surface area contributed by atoms with Gasteiger partial charge in [0.05, 0.1) is 4.92 Å². The zero-order valence-electron chi connectivity index (χ0n) is 11.2. The highest BCUT2D eigenvalue weighted by Gasteiger charge is 2.24. The third kappa shape index (κ3) is 3.57. The molecule has 1 aromatic carbocycles. The van der Waals surface area contributed by atoms with Crippen LogP contribution in [0.1, 0.15) is 12.5 Å². The second kappa shape index (κ2) is 6.85. The van der Waals surface area contributed by atoms with Crippen LogP contribution in [0, 0.1) is 10.1 Å². The largest absolute Gasteiger partial charge is 0.468 e. The minimum absolute atomic E-state index is 0.0864. The first kappa shape index (κ1) is 15.0. The summed E-state index contributed by atoms with van der Waals surface area (Å²) >= 11 is 6.01. The lowest BCUT2D eigenvalue weighted by Gasteiger charge is -2.09. The normalized spacial score (nSPS) is 10.2. The maximum absolute atomic E-state index is 11.2. The number of halogens is 1. The van der Waals surface area contributed by atoms with E-state index in [1.165, 1.54) is 6.33 Å². The second-order valence-electron chi connectivity index (χ2n) is 4.04. The summed E-state index contributed by atoms with van der Waals surface area (Å²) in [6.07, 6.45) is 1.22. The Hall–Kier alpha value is -2.41. The van der Waals surface area contributed by atoms with E-state index in [4.69, 9.17) is 16.3 Å². The van der Waals surface area contributed by atoms with Crippen LogP contribution in [0.15, 0.2) is 30.6 Å². The van der Waals surface area contributed by atoms with E-state index in [0.717, 1.165) is 5.56 Å². The molecule has 1 N–H and O–H groups in total. The molecule has 0 aliphatic heterocycles. The quantitative estimate of drug-likeness (QED) is 0.651. The maximum Gasteiger partial charge on any atom is 0.372 e. The van der Waals surface area contributed by atoms with Gasteiger partial charge in [0.15, 0.2) is 0 Å². The number of anilines is 1. The minimum Gasteiger partial charge on any atom is -0.468 e. The van der Waals surface area contributed by atoms with E-state index >= 15 is 0 Å². The lowest BCUT2D eigenvalue weighted by Crippen LogP contribution is -2.07. The molecule has 110 valence electrons. The van der Waals surface area contributed by atoms with Crippen molar-refractivity contribution in [2.24, 2.45) is 0 Å². The van der Waals surface area contributed by atoms with Crippen molar-refractivity contribution in [1.82, 2.24) is 9.97 Å². The molecule has 0 amide bonds. The van der Waals surface area contributed by atoms with Crippen LogP contribution in [0.25, 0.3) is 0 Å². The van der Waals surface area contributed by atoms with E-state index in [1.54, 1.807) is 18.2 Å². The molecule has 0 spiro atoms. The molecule has 0 radical (unpaired) electrons. The van der Waals surface area contributed by atoms with E-state index in [9.17, 15) is 10.1 Å². The Balaban J connectivity index is 2.25. The molecule has 0 aliphatic carbocycles. The van der Waals surface area contributed by atoms with Crippen molar-refractivity contribution in [1.29, 1.82) is 0 Å². The highest BCUT2D eigenvalue weighted by Crippen LogP contribution is 2.31. The number of aromatic nitrogens is 2. The molecule has 8 heteroatoms. The summed E-state index contributed by atoms with van der Waals surface area (Å²) in [7, 11) is 0. The van der Waals surface area contributed by atoms with Crippen LogP contribution in [-0.2, 0) is 6.61 Å². The molecule has 0 aliphatic rings. The lowest BCUT2D eigenvalue weighted by atomic mass is 10.2. The van der Waals surface area contributed by atoms with Crippen LogP contribution < -0.4 is 10.1 Å². The number of nitrogens with zero attached hydrogens (tertiary/aromatic N) is 3. The van der Waals surface area contributed by atoms with Crippen LogP contribution in [0.2, 0.25) is 5.02 Å².